The summed E-state index contributed by atoms with van der Waals surface area (Å²) in [6, 6.07) is 1.11. The molecule has 0 radical (unpaired) electrons. The van der Waals surface area contributed by atoms with E-state index < -0.39 is 67.6 Å². The molecule has 2 aliphatic rings. The normalized spacial score (nSPS) is 30.6. The van der Waals surface area contributed by atoms with Crippen molar-refractivity contribution in [3.63, 3.8) is 0 Å². The Morgan fingerprint density at radius 3 is 2.77 bits per heavy atom. The van der Waals surface area contributed by atoms with Gasteiger partial charge in [0.15, 0.2) is 17.7 Å². The first-order valence-corrected chi connectivity index (χ1v) is 14.2. The summed E-state index contributed by atoms with van der Waals surface area (Å²) in [5.74, 6) is 0.195. The third-order valence-corrected chi connectivity index (χ3v) is 7.95. The highest BCUT2D eigenvalue weighted by Crippen LogP contribution is 2.46. The van der Waals surface area contributed by atoms with Crippen molar-refractivity contribution in [2.24, 2.45) is 0 Å². The molecule has 0 aliphatic carbocycles. The first-order valence-electron chi connectivity index (χ1n) is 11.6. The number of nitrogens with zero attached hydrogens (tertiary/aromatic N) is 5. The van der Waals surface area contributed by atoms with Crippen LogP contribution in [0.25, 0.3) is 11.2 Å². The van der Waals surface area contributed by atoms with Gasteiger partial charge in [0.1, 0.15) is 49.2 Å². The molecule has 3 aromatic rings. The highest BCUT2D eigenvalue weighted by molar-refractivity contribution is 8.06. The Balaban J connectivity index is 1.26. The van der Waals surface area contributed by atoms with E-state index in [4.69, 9.17) is 40.8 Å². The Morgan fingerprint density at radius 2 is 2.05 bits per heavy atom. The van der Waals surface area contributed by atoms with Crippen LogP contribution in [0.3, 0.4) is 0 Å². The predicted molar refractivity (Wildman–Crippen MR) is 132 cm³/mol. The van der Waals surface area contributed by atoms with Crippen molar-refractivity contribution >= 4 is 35.5 Å². The molecule has 39 heavy (non-hydrogen) atoms. The minimum atomic E-state index is -4.27. The highest BCUT2D eigenvalue weighted by atomic mass is 32.5. The lowest BCUT2D eigenvalue weighted by Crippen LogP contribution is -2.40. The van der Waals surface area contributed by atoms with Gasteiger partial charge in [-0.2, -0.15) is 0 Å². The van der Waals surface area contributed by atoms with Gasteiger partial charge >= 0.3 is 5.69 Å². The number of nitrogens with two attached hydrogens (primary N) is 1. The van der Waals surface area contributed by atoms with Crippen LogP contribution in [0.4, 0.5) is 5.82 Å². The number of rotatable bonds is 9. The first kappa shape index (κ1) is 27.9. The molecule has 5 N–H and O–H groups in total. The monoisotopic (exact) mass is 586 g/mol. The van der Waals surface area contributed by atoms with Gasteiger partial charge < -0.3 is 44.1 Å². The summed E-state index contributed by atoms with van der Waals surface area (Å²) >= 11 is 5.06. The first-order chi connectivity index (χ1) is 18.6. The summed E-state index contributed by atoms with van der Waals surface area (Å²) < 4.78 is 30.5. The number of H-pyrrole nitrogens is 1. The molecule has 2 saturated heterocycles. The molecule has 0 bridgehead atoms. The van der Waals surface area contributed by atoms with E-state index in [-0.39, 0.29) is 18.8 Å². The highest BCUT2D eigenvalue weighted by Gasteiger charge is 2.48. The van der Waals surface area contributed by atoms with Gasteiger partial charge in [0.05, 0.1) is 25.6 Å². The van der Waals surface area contributed by atoms with Gasteiger partial charge in [0, 0.05) is 25.8 Å². The molecule has 3 unspecified atom stereocenters. The summed E-state index contributed by atoms with van der Waals surface area (Å²) in [5, 5.41) is 20.4. The number of aromatic amines is 1. The van der Waals surface area contributed by atoms with Crippen molar-refractivity contribution in [3.8, 4) is 0 Å². The Bertz CT molecular complexity index is 1500. The summed E-state index contributed by atoms with van der Waals surface area (Å²) in [6.45, 7) is -5.24. The molecule has 8 atom stereocenters. The molecule has 17 nitrogen and oxygen atoms in total. The molecule has 0 amide bonds. The van der Waals surface area contributed by atoms with Crippen LogP contribution in [0, 0.1) is 0 Å². The van der Waals surface area contributed by atoms with E-state index >= 15 is 0 Å². The molecule has 5 rings (SSSR count). The summed E-state index contributed by atoms with van der Waals surface area (Å²) in [4.78, 5) is 51.1. The number of fused-ring (bicyclic) bond motifs is 1. The Morgan fingerprint density at radius 1 is 1.26 bits per heavy atom. The number of methoxy groups -OCH3 is 1. The lowest BCUT2D eigenvalue weighted by atomic mass is 10.1. The molecule has 0 spiro atoms. The number of ether oxygens (including phenoxy) is 3. The smallest absolute Gasteiger partial charge is 0.330 e. The second-order valence-electron chi connectivity index (χ2n) is 8.79. The maximum Gasteiger partial charge on any atom is 0.330 e. The Kier molecular flexibility index (Phi) is 7.93. The number of nitrogen functional groups attached to an aromatic ring is 1. The minimum Gasteiger partial charge on any atom is -0.780 e. The third-order valence-electron chi connectivity index (χ3n) is 6.41. The van der Waals surface area contributed by atoms with Crippen molar-refractivity contribution in [1.29, 1.82) is 0 Å². The van der Waals surface area contributed by atoms with Crippen LogP contribution in [0.2, 0.25) is 0 Å². The number of aliphatic hydroxyl groups is 2. The fourth-order valence-corrected chi connectivity index (χ4v) is 5.97. The lowest BCUT2D eigenvalue weighted by molar-refractivity contribution is -0.218. The maximum absolute atomic E-state index is 13.1. The fraction of sp³-hybridized carbons (Fsp3) is 0.550. The molecule has 0 saturated carbocycles. The molecule has 2 aliphatic heterocycles. The number of imidazole rings is 1. The number of hydrogen-bond donors (Lipinski definition) is 4. The molecule has 0 aromatic carbocycles. The maximum atomic E-state index is 13.1. The van der Waals surface area contributed by atoms with Gasteiger partial charge in [0.2, 0.25) is 0 Å². The van der Waals surface area contributed by atoms with Gasteiger partial charge in [-0.25, -0.2) is 19.7 Å². The van der Waals surface area contributed by atoms with Crippen LogP contribution in [0.15, 0.2) is 34.5 Å². The van der Waals surface area contributed by atoms with E-state index in [1.807, 2.05) is 0 Å². The average Bonchev–Trinajstić information content (AvgIpc) is 3.58. The number of nitrogens with one attached hydrogen (secondary N) is 1. The van der Waals surface area contributed by atoms with Crippen molar-refractivity contribution in [1.82, 2.24) is 29.1 Å². The zero-order chi connectivity index (χ0) is 27.9. The second kappa shape index (κ2) is 11.1. The molecule has 212 valence electrons. The Hall–Kier alpha value is -2.64. The van der Waals surface area contributed by atoms with E-state index in [2.05, 4.69) is 19.9 Å². The SMILES string of the molecule is CO[C@H]1C(OP([O-])(=S)OC[C@H]2O[C@@H](n3cnc4c(N)ncnc43)CC2O)[C@@H](CO)O[C@H]1n1ccc(=O)[nH]c1=O. The van der Waals surface area contributed by atoms with E-state index in [0.717, 1.165) is 10.6 Å². The summed E-state index contributed by atoms with van der Waals surface area (Å²) in [6.07, 6.45) is -3.03. The van der Waals surface area contributed by atoms with Crippen molar-refractivity contribution in [2.75, 3.05) is 26.1 Å². The van der Waals surface area contributed by atoms with Crippen molar-refractivity contribution in [2.45, 2.75) is 49.4 Å². The predicted octanol–water partition coefficient (Wildman–Crippen LogP) is -2.50. The topological polar surface area (TPSA) is 234 Å². The zero-order valence-electron chi connectivity index (χ0n) is 20.3. The van der Waals surface area contributed by atoms with Gasteiger partial charge in [-0.05, 0) is 0 Å². The van der Waals surface area contributed by atoms with Crippen LogP contribution in [0.5, 0.6) is 0 Å². The lowest BCUT2D eigenvalue weighted by Gasteiger charge is -2.34. The van der Waals surface area contributed by atoms with Crippen molar-refractivity contribution in [3.05, 3.63) is 45.8 Å². The quantitative estimate of drug-likeness (QED) is 0.190. The number of anilines is 1. The van der Waals surface area contributed by atoms with Gasteiger partial charge in [0.25, 0.3) is 5.56 Å². The van der Waals surface area contributed by atoms with Gasteiger partial charge in [-0.3, -0.25) is 18.9 Å². The molecule has 5 heterocycles. The van der Waals surface area contributed by atoms with E-state index in [1.165, 1.54) is 26.0 Å². The summed E-state index contributed by atoms with van der Waals surface area (Å²) in [5.41, 5.74) is 5.21. The van der Waals surface area contributed by atoms with Crippen LogP contribution < -0.4 is 21.9 Å². The van der Waals surface area contributed by atoms with Gasteiger partial charge in [-0.1, -0.05) is 11.8 Å². The number of aliphatic hydroxyl groups excluding tert-OH is 2. The minimum absolute atomic E-state index is 0.149. The number of hydrogen-bond acceptors (Lipinski definition) is 15. The van der Waals surface area contributed by atoms with E-state index in [1.54, 1.807) is 4.57 Å². The molecular formula is C20H25N7O10PS-. The summed E-state index contributed by atoms with van der Waals surface area (Å²) in [7, 11) is 1.30. The van der Waals surface area contributed by atoms with Gasteiger partial charge in [-0.15, -0.1) is 0 Å². The van der Waals surface area contributed by atoms with Crippen LogP contribution in [-0.2, 0) is 35.1 Å². The molecule has 2 fully saturated rings. The van der Waals surface area contributed by atoms with Crippen LogP contribution >= 0.6 is 6.72 Å². The fourth-order valence-electron chi connectivity index (χ4n) is 4.55. The van der Waals surface area contributed by atoms with Crippen molar-refractivity contribution < 1.29 is 38.4 Å². The molecule has 3 aromatic heterocycles. The standard InChI is InChI=1S/C20H26N7O10PS/c1-33-16-15(10(5-28)36-19(16)26-3-2-12(30)25-20(26)31)37-38(32,39)34-6-11-9(29)4-13(35-11)27-8-24-14-17(21)22-7-23-18(14)27/h2-3,7-11,13,15-16,19,28-29H,4-6H2,1H3,(H,32,39)(H2,21,22,23)(H,25,30,31)/p-1/t9?,10-,11-,13-,15?,16+,19-,38?/m1/s1. The average molecular weight is 587 g/mol. The van der Waals surface area contributed by atoms with Crippen LogP contribution in [0.1, 0.15) is 18.9 Å². The Labute approximate surface area is 224 Å². The number of aromatic nitrogens is 6. The van der Waals surface area contributed by atoms with Crippen LogP contribution in [-0.4, -0.2) is 90.1 Å². The molecular weight excluding hydrogens is 561 g/mol. The largest absolute Gasteiger partial charge is 0.780 e. The third kappa shape index (κ3) is 5.53. The zero-order valence-corrected chi connectivity index (χ0v) is 22.0. The van der Waals surface area contributed by atoms with E-state index in [9.17, 15) is 24.7 Å². The second-order valence-corrected chi connectivity index (χ2v) is 11.5. The molecule has 19 heteroatoms. The van der Waals surface area contributed by atoms with E-state index in [0.29, 0.717) is 11.2 Å².